The van der Waals surface area contributed by atoms with Gasteiger partial charge in [0.05, 0.1) is 6.42 Å². The number of carboxylic acid groups (broad SMARTS) is 1. The Morgan fingerprint density at radius 1 is 1.37 bits per heavy atom. The van der Waals surface area contributed by atoms with E-state index in [1.807, 2.05) is 0 Å². The minimum absolute atomic E-state index is 0.0141. The number of carbonyl (C=O) groups is 2. The zero-order chi connectivity index (χ0) is 14.4. The predicted octanol–water partition coefficient (Wildman–Crippen LogP) is 1.90. The van der Waals surface area contributed by atoms with Crippen molar-refractivity contribution in [2.75, 3.05) is 0 Å². The molecule has 0 spiro atoms. The number of amides is 1. The normalized spacial score (nSPS) is 11.7. The number of carboxylic acids is 1. The summed E-state index contributed by atoms with van der Waals surface area (Å²) in [5.41, 5.74) is 1.30. The first-order chi connectivity index (χ1) is 8.88. The van der Waals surface area contributed by atoms with Gasteiger partial charge in [0.15, 0.2) is 0 Å². The topological polar surface area (TPSA) is 66.4 Å². The van der Waals surface area contributed by atoms with E-state index in [9.17, 15) is 14.0 Å². The van der Waals surface area contributed by atoms with Gasteiger partial charge in [-0.15, -0.1) is 6.58 Å². The highest BCUT2D eigenvalue weighted by molar-refractivity contribution is 5.85. The first-order valence-corrected chi connectivity index (χ1v) is 5.79. The van der Waals surface area contributed by atoms with Crippen LogP contribution in [0.1, 0.15) is 18.9 Å². The van der Waals surface area contributed by atoms with Gasteiger partial charge in [-0.3, -0.25) is 4.79 Å². The van der Waals surface area contributed by atoms with Crippen molar-refractivity contribution in [1.29, 1.82) is 0 Å². The Bertz CT molecular complexity index is 482. The molecule has 0 saturated carbocycles. The Labute approximate surface area is 110 Å². The summed E-state index contributed by atoms with van der Waals surface area (Å²) < 4.78 is 12.7. The van der Waals surface area contributed by atoms with Gasteiger partial charge in [0.1, 0.15) is 11.9 Å². The van der Waals surface area contributed by atoms with Crippen LogP contribution in [-0.4, -0.2) is 23.0 Å². The maximum Gasteiger partial charge on any atom is 0.326 e. The Morgan fingerprint density at radius 3 is 2.42 bits per heavy atom. The van der Waals surface area contributed by atoms with E-state index in [-0.39, 0.29) is 18.7 Å². The molecule has 2 N–H and O–H groups in total. The van der Waals surface area contributed by atoms with Gasteiger partial charge in [-0.25, -0.2) is 9.18 Å². The molecular formula is C14H16FNO3. The molecule has 5 heteroatoms. The number of nitrogens with one attached hydrogen (secondary N) is 1. The van der Waals surface area contributed by atoms with Gasteiger partial charge < -0.3 is 10.4 Å². The zero-order valence-corrected chi connectivity index (χ0v) is 10.6. The largest absolute Gasteiger partial charge is 0.480 e. The van der Waals surface area contributed by atoms with Gasteiger partial charge in [0, 0.05) is 0 Å². The predicted molar refractivity (Wildman–Crippen MR) is 69.1 cm³/mol. The van der Waals surface area contributed by atoms with Gasteiger partial charge in [0.25, 0.3) is 0 Å². The van der Waals surface area contributed by atoms with Crippen LogP contribution in [0.5, 0.6) is 0 Å². The summed E-state index contributed by atoms with van der Waals surface area (Å²) in [6, 6.07) is 4.51. The van der Waals surface area contributed by atoms with E-state index in [0.717, 1.165) is 0 Å². The van der Waals surface area contributed by atoms with Crippen LogP contribution in [0.3, 0.4) is 0 Å². The lowest BCUT2D eigenvalue weighted by Gasteiger charge is -2.14. The minimum Gasteiger partial charge on any atom is -0.480 e. The van der Waals surface area contributed by atoms with Crippen molar-refractivity contribution in [2.24, 2.45) is 0 Å². The number of aliphatic carboxylic acids is 1. The minimum atomic E-state index is -1.10. The summed E-state index contributed by atoms with van der Waals surface area (Å²) in [5.74, 6) is -1.90. The van der Waals surface area contributed by atoms with Crippen molar-refractivity contribution in [2.45, 2.75) is 25.8 Å². The first-order valence-electron chi connectivity index (χ1n) is 5.79. The second kappa shape index (κ2) is 6.68. The van der Waals surface area contributed by atoms with Crippen molar-refractivity contribution in [3.63, 3.8) is 0 Å². The smallest absolute Gasteiger partial charge is 0.326 e. The van der Waals surface area contributed by atoms with Crippen molar-refractivity contribution in [3.8, 4) is 0 Å². The fourth-order valence-corrected chi connectivity index (χ4v) is 1.58. The first kappa shape index (κ1) is 14.9. The van der Waals surface area contributed by atoms with E-state index in [1.54, 1.807) is 6.92 Å². The molecule has 1 aromatic rings. The quantitative estimate of drug-likeness (QED) is 0.772. The summed E-state index contributed by atoms with van der Waals surface area (Å²) in [6.45, 7) is 5.32. The monoisotopic (exact) mass is 265 g/mol. The molecule has 0 aliphatic heterocycles. The molecule has 0 aliphatic rings. The molecule has 1 aromatic carbocycles. The van der Waals surface area contributed by atoms with Gasteiger partial charge in [-0.1, -0.05) is 17.7 Å². The van der Waals surface area contributed by atoms with E-state index < -0.39 is 17.9 Å². The van der Waals surface area contributed by atoms with Crippen molar-refractivity contribution >= 4 is 11.9 Å². The molecule has 0 bridgehead atoms. The number of benzene rings is 1. The SMILES string of the molecule is C=C(C)C[C@H](NC(=O)Cc1ccc(F)cc1)C(=O)O. The molecule has 4 nitrogen and oxygen atoms in total. The fourth-order valence-electron chi connectivity index (χ4n) is 1.58. The fraction of sp³-hybridized carbons (Fsp3) is 0.286. The second-order valence-corrected chi connectivity index (χ2v) is 4.42. The molecule has 1 rings (SSSR count). The van der Waals surface area contributed by atoms with Crippen LogP contribution in [-0.2, 0) is 16.0 Å². The number of rotatable bonds is 6. The molecule has 1 atom stereocenters. The maximum absolute atomic E-state index is 12.7. The molecule has 0 heterocycles. The van der Waals surface area contributed by atoms with E-state index in [2.05, 4.69) is 11.9 Å². The number of hydrogen-bond acceptors (Lipinski definition) is 2. The van der Waals surface area contributed by atoms with Gasteiger partial charge in [-0.05, 0) is 31.0 Å². The second-order valence-electron chi connectivity index (χ2n) is 4.42. The number of halogens is 1. The van der Waals surface area contributed by atoms with Crippen molar-refractivity contribution < 1.29 is 19.1 Å². The lowest BCUT2D eigenvalue weighted by molar-refractivity contribution is -0.141. The highest BCUT2D eigenvalue weighted by Crippen LogP contribution is 2.06. The van der Waals surface area contributed by atoms with Crippen LogP contribution in [0.15, 0.2) is 36.4 Å². The standard InChI is InChI=1S/C14H16FNO3/c1-9(2)7-12(14(18)19)16-13(17)8-10-3-5-11(15)6-4-10/h3-6,12H,1,7-8H2,2H3,(H,16,17)(H,18,19)/t12-/m0/s1. The molecule has 102 valence electrons. The van der Waals surface area contributed by atoms with Crippen LogP contribution in [0.2, 0.25) is 0 Å². The van der Waals surface area contributed by atoms with Crippen LogP contribution < -0.4 is 5.32 Å². The van der Waals surface area contributed by atoms with Gasteiger partial charge in [-0.2, -0.15) is 0 Å². The highest BCUT2D eigenvalue weighted by Gasteiger charge is 2.19. The van der Waals surface area contributed by atoms with E-state index >= 15 is 0 Å². The Hall–Kier alpha value is -2.17. The Balaban J connectivity index is 2.59. The molecule has 0 saturated heterocycles. The zero-order valence-electron chi connectivity index (χ0n) is 10.6. The third kappa shape index (κ3) is 5.33. The molecule has 0 aliphatic carbocycles. The van der Waals surface area contributed by atoms with Crippen LogP contribution >= 0.6 is 0 Å². The molecule has 0 fully saturated rings. The van der Waals surface area contributed by atoms with Crippen LogP contribution in [0.4, 0.5) is 4.39 Å². The number of carbonyl (C=O) groups excluding carboxylic acids is 1. The molecule has 1 amide bonds. The maximum atomic E-state index is 12.7. The summed E-state index contributed by atoms with van der Waals surface area (Å²) >= 11 is 0. The van der Waals surface area contributed by atoms with E-state index in [0.29, 0.717) is 11.1 Å². The van der Waals surface area contributed by atoms with Crippen molar-refractivity contribution in [3.05, 3.63) is 47.8 Å². The van der Waals surface area contributed by atoms with Crippen molar-refractivity contribution in [1.82, 2.24) is 5.32 Å². The summed E-state index contributed by atoms with van der Waals surface area (Å²) in [6.07, 6.45) is 0.199. The van der Waals surface area contributed by atoms with E-state index in [4.69, 9.17) is 5.11 Å². The third-order valence-electron chi connectivity index (χ3n) is 2.46. The van der Waals surface area contributed by atoms with Crippen LogP contribution in [0.25, 0.3) is 0 Å². The Kier molecular flexibility index (Phi) is 5.23. The number of hydrogen-bond donors (Lipinski definition) is 2. The Morgan fingerprint density at radius 2 is 1.95 bits per heavy atom. The molecule has 0 radical (unpaired) electrons. The summed E-state index contributed by atoms with van der Waals surface area (Å²) in [5, 5.41) is 11.4. The lowest BCUT2D eigenvalue weighted by Crippen LogP contribution is -2.41. The average molecular weight is 265 g/mol. The third-order valence-corrected chi connectivity index (χ3v) is 2.46. The molecular weight excluding hydrogens is 249 g/mol. The van der Waals surface area contributed by atoms with Gasteiger partial charge >= 0.3 is 5.97 Å². The lowest BCUT2D eigenvalue weighted by atomic mass is 10.1. The molecule has 0 aromatic heterocycles. The average Bonchev–Trinajstić information content (AvgIpc) is 2.30. The van der Waals surface area contributed by atoms with Gasteiger partial charge in [0.2, 0.25) is 5.91 Å². The molecule has 0 unspecified atom stereocenters. The van der Waals surface area contributed by atoms with E-state index in [1.165, 1.54) is 24.3 Å². The van der Waals surface area contributed by atoms with Crippen LogP contribution in [0, 0.1) is 5.82 Å². The summed E-state index contributed by atoms with van der Waals surface area (Å²) in [7, 11) is 0. The summed E-state index contributed by atoms with van der Waals surface area (Å²) in [4.78, 5) is 22.7. The molecule has 19 heavy (non-hydrogen) atoms. The highest BCUT2D eigenvalue weighted by atomic mass is 19.1.